The molecule has 0 N–H and O–H groups in total. The van der Waals surface area contributed by atoms with Crippen LogP contribution in [-0.4, -0.2) is 57.4 Å². The van der Waals surface area contributed by atoms with Gasteiger partial charge in [0.2, 0.25) is 0 Å². The SMILES string of the molecule is c1nn2cnnc2cc1N1CCN(CC2CCCCC2)CC1. The number of hydrogen-bond donors (Lipinski definition) is 0. The lowest BCUT2D eigenvalue weighted by atomic mass is 9.89. The van der Waals surface area contributed by atoms with Gasteiger partial charge in [-0.1, -0.05) is 19.3 Å². The van der Waals surface area contributed by atoms with Crippen molar-refractivity contribution in [3.63, 3.8) is 0 Å². The maximum Gasteiger partial charge on any atom is 0.179 e. The summed E-state index contributed by atoms with van der Waals surface area (Å²) in [5.41, 5.74) is 1.99. The van der Waals surface area contributed by atoms with Crippen LogP contribution in [0.3, 0.4) is 0 Å². The van der Waals surface area contributed by atoms with Crippen molar-refractivity contribution in [3.05, 3.63) is 18.6 Å². The number of aromatic nitrogens is 4. The molecular weight excluding hydrogens is 276 g/mol. The van der Waals surface area contributed by atoms with Crippen LogP contribution in [-0.2, 0) is 0 Å². The number of piperazine rings is 1. The Balaban J connectivity index is 1.34. The number of nitrogens with zero attached hydrogens (tertiary/aromatic N) is 6. The highest BCUT2D eigenvalue weighted by Gasteiger charge is 2.22. The summed E-state index contributed by atoms with van der Waals surface area (Å²) in [6.45, 7) is 5.79. The van der Waals surface area contributed by atoms with Gasteiger partial charge in [0.1, 0.15) is 6.33 Å². The van der Waals surface area contributed by atoms with Crippen LogP contribution in [0, 0.1) is 5.92 Å². The molecule has 1 saturated carbocycles. The highest BCUT2D eigenvalue weighted by molar-refractivity contribution is 5.53. The minimum absolute atomic E-state index is 0.821. The molecule has 6 nitrogen and oxygen atoms in total. The monoisotopic (exact) mass is 300 g/mol. The molecule has 118 valence electrons. The van der Waals surface area contributed by atoms with E-state index in [1.54, 1.807) is 10.8 Å². The van der Waals surface area contributed by atoms with Crippen molar-refractivity contribution in [2.24, 2.45) is 5.92 Å². The van der Waals surface area contributed by atoms with Gasteiger partial charge in [-0.2, -0.15) is 5.10 Å². The second kappa shape index (κ2) is 6.20. The minimum Gasteiger partial charge on any atom is -0.368 e. The van der Waals surface area contributed by atoms with Gasteiger partial charge in [-0.05, 0) is 18.8 Å². The van der Waals surface area contributed by atoms with Crippen LogP contribution < -0.4 is 4.90 Å². The summed E-state index contributed by atoms with van der Waals surface area (Å²) >= 11 is 0. The van der Waals surface area contributed by atoms with Crippen LogP contribution in [0.15, 0.2) is 18.6 Å². The average Bonchev–Trinajstić information content (AvgIpc) is 3.04. The Labute approximate surface area is 131 Å². The molecule has 0 amide bonds. The van der Waals surface area contributed by atoms with E-state index in [1.807, 2.05) is 6.20 Å². The third-order valence-electron chi connectivity index (χ3n) is 5.13. The van der Waals surface area contributed by atoms with Gasteiger partial charge in [0.05, 0.1) is 11.9 Å². The molecule has 0 bridgehead atoms. The zero-order valence-corrected chi connectivity index (χ0v) is 13.1. The summed E-state index contributed by atoms with van der Waals surface area (Å²) in [6.07, 6.45) is 10.8. The molecule has 0 spiro atoms. The lowest BCUT2D eigenvalue weighted by Gasteiger charge is -2.38. The van der Waals surface area contributed by atoms with Crippen LogP contribution in [0.5, 0.6) is 0 Å². The van der Waals surface area contributed by atoms with Gasteiger partial charge in [0, 0.05) is 38.8 Å². The Hall–Kier alpha value is -1.69. The standard InChI is InChI=1S/C16H24N6/c1-2-4-14(5-3-1)12-20-6-8-21(9-7-20)15-10-16-19-17-13-22(16)18-11-15/h10-11,13-14H,1-9,12H2. The van der Waals surface area contributed by atoms with Crippen molar-refractivity contribution >= 4 is 11.3 Å². The van der Waals surface area contributed by atoms with Crippen molar-refractivity contribution in [1.82, 2.24) is 24.7 Å². The quantitative estimate of drug-likeness (QED) is 0.865. The van der Waals surface area contributed by atoms with E-state index in [1.165, 1.54) is 38.6 Å². The first kappa shape index (κ1) is 13.9. The van der Waals surface area contributed by atoms with Crippen LogP contribution in [0.4, 0.5) is 5.69 Å². The van der Waals surface area contributed by atoms with Crippen LogP contribution in [0.1, 0.15) is 32.1 Å². The summed E-state index contributed by atoms with van der Waals surface area (Å²) in [6, 6.07) is 2.08. The topological polar surface area (TPSA) is 49.6 Å². The molecule has 2 aromatic rings. The van der Waals surface area contributed by atoms with E-state index in [-0.39, 0.29) is 0 Å². The van der Waals surface area contributed by atoms with Crippen molar-refractivity contribution in [1.29, 1.82) is 0 Å². The van der Waals surface area contributed by atoms with Gasteiger partial charge < -0.3 is 4.90 Å². The molecule has 2 fully saturated rings. The second-order valence-electron chi connectivity index (χ2n) is 6.64. The first-order valence-electron chi connectivity index (χ1n) is 8.52. The van der Waals surface area contributed by atoms with E-state index in [2.05, 4.69) is 31.2 Å². The van der Waals surface area contributed by atoms with Crippen LogP contribution in [0.25, 0.3) is 5.65 Å². The Bertz CT molecular complexity index is 610. The molecule has 3 heterocycles. The third kappa shape index (κ3) is 2.92. The van der Waals surface area contributed by atoms with Crippen molar-refractivity contribution in [2.45, 2.75) is 32.1 Å². The zero-order chi connectivity index (χ0) is 14.8. The van der Waals surface area contributed by atoms with Gasteiger partial charge in [-0.25, -0.2) is 4.52 Å². The van der Waals surface area contributed by atoms with E-state index < -0.39 is 0 Å². The predicted octanol–water partition coefficient (Wildman–Crippen LogP) is 1.83. The molecule has 0 aromatic carbocycles. The first-order valence-corrected chi connectivity index (χ1v) is 8.52. The summed E-state index contributed by atoms with van der Waals surface area (Å²) in [4.78, 5) is 5.06. The van der Waals surface area contributed by atoms with Crippen molar-refractivity contribution < 1.29 is 0 Å². The van der Waals surface area contributed by atoms with Gasteiger partial charge >= 0.3 is 0 Å². The summed E-state index contributed by atoms with van der Waals surface area (Å²) in [7, 11) is 0. The first-order chi connectivity index (χ1) is 10.9. The fourth-order valence-electron chi connectivity index (χ4n) is 3.81. The fraction of sp³-hybridized carbons (Fsp3) is 0.688. The van der Waals surface area contributed by atoms with E-state index in [9.17, 15) is 0 Å². The molecule has 0 unspecified atom stereocenters. The van der Waals surface area contributed by atoms with Crippen molar-refractivity contribution in [3.8, 4) is 0 Å². The molecular formula is C16H24N6. The largest absolute Gasteiger partial charge is 0.368 e. The Morgan fingerprint density at radius 2 is 1.86 bits per heavy atom. The van der Waals surface area contributed by atoms with E-state index in [0.29, 0.717) is 0 Å². The Morgan fingerprint density at radius 3 is 2.68 bits per heavy atom. The lowest BCUT2D eigenvalue weighted by molar-refractivity contribution is 0.192. The number of fused-ring (bicyclic) bond motifs is 1. The molecule has 2 aromatic heterocycles. The van der Waals surface area contributed by atoms with Crippen molar-refractivity contribution in [2.75, 3.05) is 37.6 Å². The maximum absolute atomic E-state index is 4.37. The highest BCUT2D eigenvalue weighted by Crippen LogP contribution is 2.25. The fourth-order valence-corrected chi connectivity index (χ4v) is 3.81. The van der Waals surface area contributed by atoms with Gasteiger partial charge in [0.25, 0.3) is 0 Å². The maximum atomic E-state index is 4.37. The highest BCUT2D eigenvalue weighted by atomic mass is 15.3. The second-order valence-corrected chi connectivity index (χ2v) is 6.64. The summed E-state index contributed by atoms with van der Waals surface area (Å²) in [5, 5.41) is 12.3. The van der Waals surface area contributed by atoms with E-state index in [0.717, 1.165) is 43.4 Å². The Kier molecular flexibility index (Phi) is 3.93. The van der Waals surface area contributed by atoms with Gasteiger partial charge in [0.15, 0.2) is 5.65 Å². The molecule has 4 rings (SSSR count). The number of anilines is 1. The molecule has 1 aliphatic heterocycles. The molecule has 0 radical (unpaired) electrons. The number of rotatable bonds is 3. The molecule has 6 heteroatoms. The minimum atomic E-state index is 0.821. The molecule has 0 atom stereocenters. The van der Waals surface area contributed by atoms with Crippen LogP contribution in [0.2, 0.25) is 0 Å². The molecule has 1 aliphatic carbocycles. The smallest absolute Gasteiger partial charge is 0.179 e. The summed E-state index contributed by atoms with van der Waals surface area (Å²) < 4.78 is 1.71. The van der Waals surface area contributed by atoms with Gasteiger partial charge in [-0.15, -0.1) is 10.2 Å². The Morgan fingerprint density at radius 1 is 1.05 bits per heavy atom. The molecule has 1 saturated heterocycles. The normalized spacial score (nSPS) is 21.5. The average molecular weight is 300 g/mol. The predicted molar refractivity (Wildman–Crippen MR) is 86.0 cm³/mol. The third-order valence-corrected chi connectivity index (χ3v) is 5.13. The van der Waals surface area contributed by atoms with E-state index >= 15 is 0 Å². The zero-order valence-electron chi connectivity index (χ0n) is 13.1. The number of hydrogen-bond acceptors (Lipinski definition) is 5. The summed E-state index contributed by atoms with van der Waals surface area (Å²) in [5.74, 6) is 0.939. The van der Waals surface area contributed by atoms with E-state index in [4.69, 9.17) is 0 Å². The molecule has 2 aliphatic rings. The van der Waals surface area contributed by atoms with Crippen LogP contribution >= 0.6 is 0 Å². The molecule has 22 heavy (non-hydrogen) atoms. The lowest BCUT2D eigenvalue weighted by Crippen LogP contribution is -2.48. The van der Waals surface area contributed by atoms with Gasteiger partial charge in [-0.3, -0.25) is 4.90 Å².